The predicted octanol–water partition coefficient (Wildman–Crippen LogP) is 1.99. The molecule has 24 heavy (non-hydrogen) atoms. The molecule has 1 saturated heterocycles. The Morgan fingerprint density at radius 2 is 2.29 bits per heavy atom. The molecule has 1 aromatic carbocycles. The fourth-order valence-electron chi connectivity index (χ4n) is 2.75. The van der Waals surface area contributed by atoms with Crippen LogP contribution in [0.2, 0.25) is 5.02 Å². The molecule has 1 aliphatic heterocycles. The van der Waals surface area contributed by atoms with E-state index in [2.05, 4.69) is 15.3 Å². The van der Waals surface area contributed by atoms with Gasteiger partial charge in [0, 0.05) is 44.5 Å². The summed E-state index contributed by atoms with van der Waals surface area (Å²) in [6.45, 7) is 1.46. The molecular formula is C15H16ClN5O3. The van der Waals surface area contributed by atoms with Crippen molar-refractivity contribution in [1.82, 2.24) is 15.1 Å². The second-order valence-electron chi connectivity index (χ2n) is 5.70. The van der Waals surface area contributed by atoms with Gasteiger partial charge in [0.2, 0.25) is 0 Å². The maximum absolute atomic E-state index is 12.4. The second kappa shape index (κ2) is 6.48. The van der Waals surface area contributed by atoms with Crippen molar-refractivity contribution in [3.63, 3.8) is 0 Å². The summed E-state index contributed by atoms with van der Waals surface area (Å²) in [5.74, 6) is -0.401. The van der Waals surface area contributed by atoms with Gasteiger partial charge in [0.1, 0.15) is 0 Å². The summed E-state index contributed by atoms with van der Waals surface area (Å²) in [5.41, 5.74) is 0.960. The first-order valence-electron chi connectivity index (χ1n) is 7.42. The number of hydrogen-bond donors (Lipinski definition) is 1. The van der Waals surface area contributed by atoms with E-state index in [1.165, 1.54) is 18.2 Å². The minimum Gasteiger partial charge on any atom is -0.367 e. The van der Waals surface area contributed by atoms with Crippen LogP contribution in [-0.4, -0.2) is 39.7 Å². The number of anilines is 1. The van der Waals surface area contributed by atoms with E-state index in [-0.39, 0.29) is 22.3 Å². The molecule has 1 amide bonds. The smallest absolute Gasteiger partial charge is 0.270 e. The van der Waals surface area contributed by atoms with Crippen LogP contribution >= 0.6 is 11.6 Å². The number of nitro groups is 1. The lowest BCUT2D eigenvalue weighted by atomic mass is 10.1. The molecule has 1 aliphatic rings. The van der Waals surface area contributed by atoms with Gasteiger partial charge in [0.25, 0.3) is 11.6 Å². The third-order valence-corrected chi connectivity index (χ3v) is 4.31. The molecule has 1 fully saturated rings. The van der Waals surface area contributed by atoms with E-state index in [9.17, 15) is 14.9 Å². The lowest BCUT2D eigenvalue weighted by Gasteiger charge is -2.17. The Hall–Kier alpha value is -2.61. The van der Waals surface area contributed by atoms with E-state index in [4.69, 9.17) is 11.6 Å². The highest BCUT2D eigenvalue weighted by molar-refractivity contribution is 6.34. The van der Waals surface area contributed by atoms with Gasteiger partial charge < -0.3 is 10.2 Å². The van der Waals surface area contributed by atoms with Gasteiger partial charge in [-0.15, -0.1) is 0 Å². The highest BCUT2D eigenvalue weighted by atomic mass is 35.5. The van der Waals surface area contributed by atoms with Crippen molar-refractivity contribution in [3.8, 4) is 0 Å². The topological polar surface area (TPSA) is 93.3 Å². The molecule has 0 saturated carbocycles. The monoisotopic (exact) mass is 349 g/mol. The molecule has 0 radical (unpaired) electrons. The van der Waals surface area contributed by atoms with E-state index in [0.29, 0.717) is 6.54 Å². The van der Waals surface area contributed by atoms with Crippen molar-refractivity contribution in [1.29, 1.82) is 0 Å². The third kappa shape index (κ3) is 3.33. The van der Waals surface area contributed by atoms with Gasteiger partial charge in [-0.1, -0.05) is 11.6 Å². The van der Waals surface area contributed by atoms with Crippen LogP contribution in [0.1, 0.15) is 16.8 Å². The number of rotatable bonds is 4. The van der Waals surface area contributed by atoms with Crippen molar-refractivity contribution in [3.05, 3.63) is 51.3 Å². The molecule has 0 aliphatic carbocycles. The first-order valence-corrected chi connectivity index (χ1v) is 7.80. The lowest BCUT2D eigenvalue weighted by molar-refractivity contribution is -0.384. The average Bonchev–Trinajstić information content (AvgIpc) is 3.16. The summed E-state index contributed by atoms with van der Waals surface area (Å²) in [5, 5.41) is 18.1. The maximum Gasteiger partial charge on any atom is 0.270 e. The SMILES string of the molecule is Cn1cc(N2CC[C@@H](NC(=O)c3cc([N+](=O)[O-])ccc3Cl)C2)cn1. The maximum atomic E-state index is 12.4. The molecule has 0 bridgehead atoms. The van der Waals surface area contributed by atoms with E-state index >= 15 is 0 Å². The Morgan fingerprint density at radius 1 is 1.50 bits per heavy atom. The molecule has 2 heterocycles. The van der Waals surface area contributed by atoms with Crippen LogP contribution in [0.25, 0.3) is 0 Å². The lowest BCUT2D eigenvalue weighted by Crippen LogP contribution is -2.37. The summed E-state index contributed by atoms with van der Waals surface area (Å²) in [6, 6.07) is 3.79. The zero-order valence-corrected chi connectivity index (χ0v) is 13.7. The highest BCUT2D eigenvalue weighted by Gasteiger charge is 2.26. The molecule has 0 spiro atoms. The van der Waals surface area contributed by atoms with Crippen LogP contribution in [0, 0.1) is 10.1 Å². The van der Waals surface area contributed by atoms with Crippen molar-refractivity contribution < 1.29 is 9.72 Å². The van der Waals surface area contributed by atoms with Crippen molar-refractivity contribution in [2.24, 2.45) is 7.05 Å². The van der Waals surface area contributed by atoms with Gasteiger partial charge in [0.05, 0.1) is 27.4 Å². The number of aromatic nitrogens is 2. The fourth-order valence-corrected chi connectivity index (χ4v) is 2.95. The van der Waals surface area contributed by atoms with Gasteiger partial charge in [0.15, 0.2) is 0 Å². The summed E-state index contributed by atoms with van der Waals surface area (Å²) in [6.07, 6.45) is 4.48. The van der Waals surface area contributed by atoms with Crippen molar-refractivity contribution in [2.75, 3.05) is 18.0 Å². The minimum absolute atomic E-state index is 0.0481. The minimum atomic E-state index is -0.549. The first-order chi connectivity index (χ1) is 11.4. The number of nitrogens with zero attached hydrogens (tertiary/aromatic N) is 4. The van der Waals surface area contributed by atoms with E-state index in [1.54, 1.807) is 10.9 Å². The molecule has 9 heteroatoms. The molecule has 8 nitrogen and oxygen atoms in total. The van der Waals surface area contributed by atoms with E-state index in [0.717, 1.165) is 18.7 Å². The molecule has 1 aromatic heterocycles. The molecule has 2 aromatic rings. The molecule has 3 rings (SSSR count). The van der Waals surface area contributed by atoms with Crippen molar-refractivity contribution >= 4 is 28.9 Å². The number of nitrogens with one attached hydrogen (secondary N) is 1. The number of carbonyl (C=O) groups excluding carboxylic acids is 1. The average molecular weight is 350 g/mol. The predicted molar refractivity (Wildman–Crippen MR) is 89.4 cm³/mol. The Bertz CT molecular complexity index is 791. The Balaban J connectivity index is 1.67. The van der Waals surface area contributed by atoms with Gasteiger partial charge in [-0.3, -0.25) is 19.6 Å². The van der Waals surface area contributed by atoms with Crippen LogP contribution in [-0.2, 0) is 7.05 Å². The molecular weight excluding hydrogens is 334 g/mol. The molecule has 126 valence electrons. The van der Waals surface area contributed by atoms with Gasteiger partial charge >= 0.3 is 0 Å². The second-order valence-corrected chi connectivity index (χ2v) is 6.11. The van der Waals surface area contributed by atoms with Crippen LogP contribution in [0.15, 0.2) is 30.6 Å². The van der Waals surface area contributed by atoms with Crippen molar-refractivity contribution in [2.45, 2.75) is 12.5 Å². The highest BCUT2D eigenvalue weighted by Crippen LogP contribution is 2.23. The van der Waals surface area contributed by atoms with Gasteiger partial charge in [-0.05, 0) is 12.5 Å². The molecule has 1 atom stereocenters. The zero-order chi connectivity index (χ0) is 17.3. The number of hydrogen-bond acceptors (Lipinski definition) is 5. The summed E-state index contributed by atoms with van der Waals surface area (Å²) in [4.78, 5) is 24.8. The first kappa shape index (κ1) is 16.3. The number of carbonyl (C=O) groups is 1. The fraction of sp³-hybridized carbons (Fsp3) is 0.333. The van der Waals surface area contributed by atoms with Gasteiger partial charge in [-0.2, -0.15) is 5.10 Å². The number of benzene rings is 1. The Labute approximate surface area is 143 Å². The van der Waals surface area contributed by atoms with Gasteiger partial charge in [-0.25, -0.2) is 0 Å². The summed E-state index contributed by atoms with van der Waals surface area (Å²) >= 11 is 6.00. The number of halogens is 1. The summed E-state index contributed by atoms with van der Waals surface area (Å²) < 4.78 is 1.73. The summed E-state index contributed by atoms with van der Waals surface area (Å²) in [7, 11) is 1.85. The third-order valence-electron chi connectivity index (χ3n) is 3.99. The van der Waals surface area contributed by atoms with Crippen LogP contribution in [0.5, 0.6) is 0 Å². The Kier molecular flexibility index (Phi) is 4.39. The number of nitro benzene ring substituents is 1. The Morgan fingerprint density at radius 3 is 2.96 bits per heavy atom. The largest absolute Gasteiger partial charge is 0.367 e. The zero-order valence-electron chi connectivity index (χ0n) is 13.0. The number of aryl methyl sites for hydroxylation is 1. The molecule has 1 N–H and O–H groups in total. The van der Waals surface area contributed by atoms with Crippen LogP contribution in [0.3, 0.4) is 0 Å². The van der Waals surface area contributed by atoms with E-state index < -0.39 is 10.8 Å². The van der Waals surface area contributed by atoms with Crippen LogP contribution in [0.4, 0.5) is 11.4 Å². The quantitative estimate of drug-likeness (QED) is 0.673. The number of amides is 1. The molecule has 0 unspecified atom stereocenters. The normalized spacial score (nSPS) is 17.1. The van der Waals surface area contributed by atoms with E-state index in [1.807, 2.05) is 13.2 Å². The number of non-ortho nitro benzene ring substituents is 1. The van der Waals surface area contributed by atoms with Crippen LogP contribution < -0.4 is 10.2 Å². The standard InChI is InChI=1S/C15H16ClN5O3/c1-19-9-12(7-17-19)20-5-4-10(8-20)18-15(22)13-6-11(21(23)24)2-3-14(13)16/h2-3,6-7,9-10H,4-5,8H2,1H3,(H,18,22)/t10-/m1/s1.